The first-order valence-electron chi connectivity index (χ1n) is 6.49. The van der Waals surface area contributed by atoms with E-state index in [0.717, 1.165) is 5.01 Å². The van der Waals surface area contributed by atoms with Crippen molar-refractivity contribution in [3.8, 4) is 0 Å². The average Bonchev–Trinajstić information content (AvgIpc) is 2.84. The summed E-state index contributed by atoms with van der Waals surface area (Å²) in [6.07, 6.45) is 0. The topological polar surface area (TPSA) is 59.1 Å². The minimum absolute atomic E-state index is 0.00448. The predicted octanol–water partition coefficient (Wildman–Crippen LogP) is 4.23. The maximum absolute atomic E-state index is 12.3. The highest BCUT2D eigenvalue weighted by Crippen LogP contribution is 2.27. The number of nitrogens with zero attached hydrogens (tertiary/aromatic N) is 1. The fourth-order valence-electron chi connectivity index (χ4n) is 1.67. The van der Waals surface area contributed by atoms with E-state index in [1.165, 1.54) is 29.5 Å². The Balaban J connectivity index is 2.15. The molecule has 2 rings (SSSR count). The number of thiazole rings is 1. The lowest BCUT2D eigenvalue weighted by Gasteiger charge is -2.13. The Labute approximate surface area is 144 Å². The smallest absolute Gasteiger partial charge is 0.242 e. The van der Waals surface area contributed by atoms with Crippen molar-refractivity contribution in [2.75, 3.05) is 0 Å². The van der Waals surface area contributed by atoms with Gasteiger partial charge < -0.3 is 0 Å². The van der Waals surface area contributed by atoms with E-state index in [9.17, 15) is 8.42 Å². The van der Waals surface area contributed by atoms with Crippen molar-refractivity contribution >= 4 is 44.6 Å². The van der Waals surface area contributed by atoms with Gasteiger partial charge in [-0.1, -0.05) is 44.0 Å². The second kappa shape index (κ2) is 6.45. The molecule has 1 N–H and O–H groups in total. The van der Waals surface area contributed by atoms with Gasteiger partial charge in [-0.05, 0) is 18.2 Å². The van der Waals surface area contributed by atoms with Crippen LogP contribution in [-0.2, 0) is 22.0 Å². The molecule has 0 radical (unpaired) electrons. The van der Waals surface area contributed by atoms with E-state index in [2.05, 4.69) is 30.5 Å². The molecule has 0 atom stereocenters. The maximum atomic E-state index is 12.3. The van der Waals surface area contributed by atoms with Crippen LogP contribution in [0.15, 0.2) is 28.5 Å². The molecule has 8 heteroatoms. The number of halogens is 2. The third-order valence-electron chi connectivity index (χ3n) is 2.82. The number of sulfonamides is 1. The zero-order valence-corrected chi connectivity index (χ0v) is 15.5. The Morgan fingerprint density at radius 3 is 2.50 bits per heavy atom. The van der Waals surface area contributed by atoms with Gasteiger partial charge in [0.2, 0.25) is 10.0 Å². The lowest BCUT2D eigenvalue weighted by Crippen LogP contribution is -2.24. The lowest BCUT2D eigenvalue weighted by molar-refractivity contribution is 0.575. The molecule has 0 saturated heterocycles. The van der Waals surface area contributed by atoms with Crippen molar-refractivity contribution in [2.45, 2.75) is 37.6 Å². The molecule has 2 aromatic rings. The lowest BCUT2D eigenvalue weighted by atomic mass is 9.98. The Morgan fingerprint density at radius 1 is 1.27 bits per heavy atom. The van der Waals surface area contributed by atoms with Crippen LogP contribution in [0.5, 0.6) is 0 Å². The molecular weight excluding hydrogens is 363 g/mol. The van der Waals surface area contributed by atoms with E-state index in [-0.39, 0.29) is 21.9 Å². The molecule has 0 aliphatic heterocycles. The Hall–Kier alpha value is -0.660. The highest BCUT2D eigenvalue weighted by atomic mass is 35.5. The van der Waals surface area contributed by atoms with Gasteiger partial charge in [0.1, 0.15) is 4.90 Å². The summed E-state index contributed by atoms with van der Waals surface area (Å²) >= 11 is 13.2. The van der Waals surface area contributed by atoms with Gasteiger partial charge in [0.15, 0.2) is 0 Å². The van der Waals surface area contributed by atoms with Gasteiger partial charge in [0.25, 0.3) is 0 Å². The van der Waals surface area contributed by atoms with E-state index in [1.807, 2.05) is 5.38 Å². The van der Waals surface area contributed by atoms with E-state index in [1.54, 1.807) is 0 Å². The largest absolute Gasteiger partial charge is 0.244 e. The van der Waals surface area contributed by atoms with Crippen LogP contribution in [0.3, 0.4) is 0 Å². The van der Waals surface area contributed by atoms with Gasteiger partial charge in [-0.25, -0.2) is 18.1 Å². The van der Waals surface area contributed by atoms with E-state index in [0.29, 0.717) is 10.7 Å². The summed E-state index contributed by atoms with van der Waals surface area (Å²) in [5.41, 5.74) is 0.630. The molecular formula is C14H16Cl2N2O2S2. The SMILES string of the molecule is CC(C)(C)c1nc(CNS(=O)(=O)c2ccc(Cl)cc2Cl)cs1. The first-order chi connectivity index (χ1) is 10.1. The zero-order chi connectivity index (χ0) is 16.5. The molecule has 0 saturated carbocycles. The van der Waals surface area contributed by atoms with Crippen molar-refractivity contribution in [2.24, 2.45) is 0 Å². The Bertz CT molecular complexity index is 780. The predicted molar refractivity (Wildman–Crippen MR) is 91.3 cm³/mol. The van der Waals surface area contributed by atoms with Gasteiger partial charge in [0, 0.05) is 15.8 Å². The minimum Gasteiger partial charge on any atom is -0.244 e. The molecule has 1 aromatic carbocycles. The standard InChI is InChI=1S/C14H16Cl2N2O2S2/c1-14(2,3)13-18-10(8-21-13)7-17-22(19,20)12-5-4-9(15)6-11(12)16/h4-6,8,17H,7H2,1-3H3. The normalized spacial score (nSPS) is 12.6. The van der Waals surface area contributed by atoms with Crippen molar-refractivity contribution in [3.63, 3.8) is 0 Å². The number of rotatable bonds is 4. The first-order valence-corrected chi connectivity index (χ1v) is 9.61. The van der Waals surface area contributed by atoms with Gasteiger partial charge in [-0.3, -0.25) is 0 Å². The number of nitrogens with one attached hydrogen (secondary N) is 1. The molecule has 0 spiro atoms. The zero-order valence-electron chi connectivity index (χ0n) is 12.4. The minimum atomic E-state index is -3.71. The van der Waals surface area contributed by atoms with E-state index < -0.39 is 10.0 Å². The molecule has 0 bridgehead atoms. The third kappa shape index (κ3) is 4.20. The molecule has 0 fully saturated rings. The van der Waals surface area contributed by atoms with Gasteiger partial charge in [-0.2, -0.15) is 0 Å². The molecule has 120 valence electrons. The number of benzene rings is 1. The van der Waals surface area contributed by atoms with Crippen molar-refractivity contribution in [1.29, 1.82) is 0 Å². The fourth-order valence-corrected chi connectivity index (χ4v) is 4.35. The van der Waals surface area contributed by atoms with E-state index in [4.69, 9.17) is 23.2 Å². The number of hydrogen-bond donors (Lipinski definition) is 1. The molecule has 1 aromatic heterocycles. The van der Waals surface area contributed by atoms with Crippen molar-refractivity contribution < 1.29 is 8.42 Å². The molecule has 0 unspecified atom stereocenters. The highest BCUT2D eigenvalue weighted by Gasteiger charge is 2.20. The van der Waals surface area contributed by atoms with Crippen LogP contribution in [0, 0.1) is 0 Å². The quantitative estimate of drug-likeness (QED) is 0.865. The summed E-state index contributed by atoms with van der Waals surface area (Å²) in [6, 6.07) is 4.27. The van der Waals surface area contributed by atoms with E-state index >= 15 is 0 Å². The molecule has 4 nitrogen and oxygen atoms in total. The van der Waals surface area contributed by atoms with Crippen LogP contribution < -0.4 is 4.72 Å². The summed E-state index contributed by atoms with van der Waals surface area (Å²) in [7, 11) is -3.71. The summed E-state index contributed by atoms with van der Waals surface area (Å²) in [5.74, 6) is 0. The number of aromatic nitrogens is 1. The first kappa shape index (κ1) is 17.7. The second-order valence-corrected chi connectivity index (χ2v) is 9.23. The molecule has 0 aliphatic carbocycles. The highest BCUT2D eigenvalue weighted by molar-refractivity contribution is 7.89. The molecule has 22 heavy (non-hydrogen) atoms. The monoisotopic (exact) mass is 378 g/mol. The van der Waals surface area contributed by atoms with Crippen LogP contribution in [-0.4, -0.2) is 13.4 Å². The summed E-state index contributed by atoms with van der Waals surface area (Å²) in [4.78, 5) is 4.46. The molecule has 1 heterocycles. The van der Waals surface area contributed by atoms with Gasteiger partial charge in [-0.15, -0.1) is 11.3 Å². The van der Waals surface area contributed by atoms with Gasteiger partial charge >= 0.3 is 0 Å². The Morgan fingerprint density at radius 2 is 1.95 bits per heavy atom. The third-order valence-corrected chi connectivity index (χ3v) is 6.26. The summed E-state index contributed by atoms with van der Waals surface area (Å²) in [5, 5.41) is 3.30. The van der Waals surface area contributed by atoms with Crippen LogP contribution in [0.25, 0.3) is 0 Å². The van der Waals surface area contributed by atoms with Crippen LogP contribution in [0.2, 0.25) is 10.0 Å². The van der Waals surface area contributed by atoms with Gasteiger partial charge in [0.05, 0.1) is 22.3 Å². The molecule has 0 amide bonds. The Kier molecular flexibility index (Phi) is 5.19. The second-order valence-electron chi connectivity index (χ2n) is 5.79. The van der Waals surface area contributed by atoms with Crippen LogP contribution >= 0.6 is 34.5 Å². The summed E-state index contributed by atoms with van der Waals surface area (Å²) < 4.78 is 27.1. The van der Waals surface area contributed by atoms with Crippen LogP contribution in [0.4, 0.5) is 0 Å². The fraction of sp³-hybridized carbons (Fsp3) is 0.357. The maximum Gasteiger partial charge on any atom is 0.242 e. The van der Waals surface area contributed by atoms with Crippen LogP contribution in [0.1, 0.15) is 31.5 Å². The summed E-state index contributed by atoms with van der Waals surface area (Å²) in [6.45, 7) is 6.31. The number of hydrogen-bond acceptors (Lipinski definition) is 4. The van der Waals surface area contributed by atoms with Crippen molar-refractivity contribution in [3.05, 3.63) is 44.3 Å². The van der Waals surface area contributed by atoms with Crippen molar-refractivity contribution in [1.82, 2.24) is 9.71 Å². The average molecular weight is 379 g/mol. The molecule has 0 aliphatic rings.